The fourth-order valence-electron chi connectivity index (χ4n) is 3.17. The van der Waals surface area contributed by atoms with Gasteiger partial charge >= 0.3 is 23.9 Å². The standard InChI is InChI=1S/C23H40O8/c1-5-13-21(26)29-17(3)19(15-11-9-7-8-10-12-16-20(24)25)23(28)31-18(4)30-22(27)14-6-2/h17-19H,5-16H2,1-4H3,(H,24,25). The third kappa shape index (κ3) is 15.3. The molecule has 0 aromatic heterocycles. The molecule has 0 fully saturated rings. The van der Waals surface area contributed by atoms with Gasteiger partial charge in [-0.05, 0) is 32.6 Å². The largest absolute Gasteiger partial charge is 0.481 e. The van der Waals surface area contributed by atoms with Crippen molar-refractivity contribution in [2.75, 3.05) is 0 Å². The Bertz CT molecular complexity index is 546. The van der Waals surface area contributed by atoms with Gasteiger partial charge in [0, 0.05) is 26.2 Å². The van der Waals surface area contributed by atoms with E-state index in [1.807, 2.05) is 13.8 Å². The molecule has 3 unspecified atom stereocenters. The van der Waals surface area contributed by atoms with Crippen molar-refractivity contribution in [3.05, 3.63) is 0 Å². The molecule has 0 saturated heterocycles. The van der Waals surface area contributed by atoms with Crippen molar-refractivity contribution in [1.82, 2.24) is 0 Å². The molecule has 0 amide bonds. The highest BCUT2D eigenvalue weighted by Gasteiger charge is 2.30. The van der Waals surface area contributed by atoms with Crippen LogP contribution in [0.4, 0.5) is 0 Å². The lowest BCUT2D eigenvalue weighted by atomic mass is 9.95. The molecule has 0 rings (SSSR count). The van der Waals surface area contributed by atoms with Crippen LogP contribution >= 0.6 is 0 Å². The van der Waals surface area contributed by atoms with Gasteiger partial charge in [0.2, 0.25) is 6.29 Å². The minimum Gasteiger partial charge on any atom is -0.481 e. The molecular weight excluding hydrogens is 404 g/mol. The molecule has 0 bridgehead atoms. The zero-order valence-corrected chi connectivity index (χ0v) is 19.5. The number of rotatable bonds is 18. The van der Waals surface area contributed by atoms with Gasteiger partial charge in [-0.3, -0.25) is 19.2 Å². The van der Waals surface area contributed by atoms with Crippen LogP contribution in [-0.2, 0) is 33.4 Å². The van der Waals surface area contributed by atoms with Gasteiger partial charge in [0.25, 0.3) is 0 Å². The van der Waals surface area contributed by atoms with Crippen LogP contribution in [0.5, 0.6) is 0 Å². The molecule has 0 saturated carbocycles. The van der Waals surface area contributed by atoms with Crippen LogP contribution in [-0.4, -0.2) is 41.4 Å². The molecule has 3 atom stereocenters. The van der Waals surface area contributed by atoms with Crippen LogP contribution in [0.3, 0.4) is 0 Å². The summed E-state index contributed by atoms with van der Waals surface area (Å²) in [6.07, 6.45) is 5.93. The summed E-state index contributed by atoms with van der Waals surface area (Å²) in [7, 11) is 0. The summed E-state index contributed by atoms with van der Waals surface area (Å²) in [5.74, 6) is -2.74. The Morgan fingerprint density at radius 1 is 0.710 bits per heavy atom. The van der Waals surface area contributed by atoms with E-state index in [9.17, 15) is 19.2 Å². The molecule has 8 nitrogen and oxygen atoms in total. The van der Waals surface area contributed by atoms with E-state index in [-0.39, 0.29) is 25.2 Å². The Kier molecular flexibility index (Phi) is 16.3. The van der Waals surface area contributed by atoms with Crippen molar-refractivity contribution >= 4 is 23.9 Å². The molecule has 0 aliphatic carbocycles. The van der Waals surface area contributed by atoms with Crippen molar-refractivity contribution in [2.24, 2.45) is 5.92 Å². The average molecular weight is 445 g/mol. The van der Waals surface area contributed by atoms with E-state index in [1.165, 1.54) is 6.92 Å². The predicted molar refractivity (Wildman–Crippen MR) is 115 cm³/mol. The van der Waals surface area contributed by atoms with E-state index in [0.717, 1.165) is 32.1 Å². The van der Waals surface area contributed by atoms with Gasteiger partial charge < -0.3 is 19.3 Å². The molecule has 0 spiro atoms. The number of carbonyl (C=O) groups is 4. The van der Waals surface area contributed by atoms with Crippen LogP contribution in [0.15, 0.2) is 0 Å². The van der Waals surface area contributed by atoms with Crippen molar-refractivity contribution in [2.45, 2.75) is 117 Å². The van der Waals surface area contributed by atoms with Crippen LogP contribution in [0.1, 0.15) is 105 Å². The van der Waals surface area contributed by atoms with Gasteiger partial charge in [-0.1, -0.05) is 46.0 Å². The van der Waals surface area contributed by atoms with E-state index < -0.39 is 36.2 Å². The molecule has 1 N–H and O–H groups in total. The van der Waals surface area contributed by atoms with Crippen LogP contribution in [0.2, 0.25) is 0 Å². The number of unbranched alkanes of at least 4 members (excludes halogenated alkanes) is 5. The number of carboxylic acid groups (broad SMARTS) is 1. The molecule has 180 valence electrons. The van der Waals surface area contributed by atoms with Gasteiger partial charge in [0.05, 0.1) is 5.92 Å². The zero-order chi connectivity index (χ0) is 23.6. The topological polar surface area (TPSA) is 116 Å². The summed E-state index contributed by atoms with van der Waals surface area (Å²) < 4.78 is 15.8. The Morgan fingerprint density at radius 3 is 1.77 bits per heavy atom. The van der Waals surface area contributed by atoms with Crippen LogP contribution in [0, 0.1) is 5.92 Å². The molecule has 0 radical (unpaired) electrons. The first-order valence-electron chi connectivity index (χ1n) is 11.5. The number of carbonyl (C=O) groups excluding carboxylic acids is 3. The highest BCUT2D eigenvalue weighted by molar-refractivity contribution is 5.75. The van der Waals surface area contributed by atoms with E-state index in [0.29, 0.717) is 25.7 Å². The average Bonchev–Trinajstić information content (AvgIpc) is 2.66. The van der Waals surface area contributed by atoms with Crippen molar-refractivity contribution < 1.29 is 38.5 Å². The lowest BCUT2D eigenvalue weighted by Crippen LogP contribution is -2.34. The van der Waals surface area contributed by atoms with Gasteiger partial charge in [-0.2, -0.15) is 0 Å². The van der Waals surface area contributed by atoms with Crippen LogP contribution < -0.4 is 0 Å². The second kappa shape index (κ2) is 17.5. The van der Waals surface area contributed by atoms with E-state index >= 15 is 0 Å². The molecule has 0 aliphatic heterocycles. The van der Waals surface area contributed by atoms with E-state index in [2.05, 4.69) is 0 Å². The van der Waals surface area contributed by atoms with E-state index in [4.69, 9.17) is 19.3 Å². The van der Waals surface area contributed by atoms with Gasteiger partial charge in [-0.25, -0.2) is 0 Å². The van der Waals surface area contributed by atoms with Gasteiger partial charge in [-0.15, -0.1) is 0 Å². The zero-order valence-electron chi connectivity index (χ0n) is 19.5. The minimum atomic E-state index is -0.998. The Labute approximate surface area is 186 Å². The summed E-state index contributed by atoms with van der Waals surface area (Å²) in [5, 5.41) is 8.65. The molecule has 0 aromatic rings. The second-order valence-corrected chi connectivity index (χ2v) is 7.85. The summed E-state index contributed by atoms with van der Waals surface area (Å²) in [5.41, 5.74) is 0. The lowest BCUT2D eigenvalue weighted by Gasteiger charge is -2.24. The van der Waals surface area contributed by atoms with Crippen molar-refractivity contribution in [3.63, 3.8) is 0 Å². The minimum absolute atomic E-state index is 0.190. The maximum atomic E-state index is 12.7. The second-order valence-electron chi connectivity index (χ2n) is 7.85. The number of aliphatic carboxylic acids is 1. The predicted octanol–water partition coefficient (Wildman–Crippen LogP) is 4.77. The Hall–Kier alpha value is -2.12. The van der Waals surface area contributed by atoms with Crippen molar-refractivity contribution in [1.29, 1.82) is 0 Å². The number of carboxylic acids is 1. The molecule has 0 aliphatic rings. The quantitative estimate of drug-likeness (QED) is 0.182. The monoisotopic (exact) mass is 444 g/mol. The third-order valence-electron chi connectivity index (χ3n) is 4.83. The highest BCUT2D eigenvalue weighted by atomic mass is 16.7. The SMILES string of the molecule is CCCC(=O)OC(C)OC(=O)C(CCCCCCCCC(=O)O)C(C)OC(=O)CCC. The number of hydrogen-bond donors (Lipinski definition) is 1. The fourth-order valence-corrected chi connectivity index (χ4v) is 3.17. The number of hydrogen-bond acceptors (Lipinski definition) is 7. The summed E-state index contributed by atoms with van der Waals surface area (Å²) >= 11 is 0. The number of esters is 3. The van der Waals surface area contributed by atoms with Crippen LogP contribution in [0.25, 0.3) is 0 Å². The first-order chi connectivity index (χ1) is 14.7. The highest BCUT2D eigenvalue weighted by Crippen LogP contribution is 2.21. The molecular formula is C23H40O8. The Balaban J connectivity index is 4.63. The van der Waals surface area contributed by atoms with E-state index in [1.54, 1.807) is 6.92 Å². The summed E-state index contributed by atoms with van der Waals surface area (Å²) in [4.78, 5) is 46.7. The third-order valence-corrected chi connectivity index (χ3v) is 4.83. The molecule has 0 aromatic carbocycles. The number of ether oxygens (including phenoxy) is 3. The van der Waals surface area contributed by atoms with Gasteiger partial charge in [0.15, 0.2) is 0 Å². The van der Waals surface area contributed by atoms with Gasteiger partial charge in [0.1, 0.15) is 6.10 Å². The van der Waals surface area contributed by atoms with Crippen molar-refractivity contribution in [3.8, 4) is 0 Å². The summed E-state index contributed by atoms with van der Waals surface area (Å²) in [6.45, 7) is 6.90. The maximum Gasteiger partial charge on any atom is 0.315 e. The smallest absolute Gasteiger partial charge is 0.315 e. The lowest BCUT2D eigenvalue weighted by molar-refractivity contribution is -0.190. The summed E-state index contributed by atoms with van der Waals surface area (Å²) in [6, 6.07) is 0. The maximum absolute atomic E-state index is 12.7. The molecule has 0 heterocycles. The normalized spacial score (nSPS) is 13.7. The first-order valence-corrected chi connectivity index (χ1v) is 11.5. The molecule has 8 heteroatoms. The fraction of sp³-hybridized carbons (Fsp3) is 0.826. The molecule has 31 heavy (non-hydrogen) atoms. The Morgan fingerprint density at radius 2 is 1.23 bits per heavy atom. The first kappa shape index (κ1) is 28.9.